The van der Waals surface area contributed by atoms with Crippen LogP contribution in [-0.2, 0) is 5.88 Å². The third-order valence-electron chi connectivity index (χ3n) is 1.43. The minimum Gasteiger partial charge on any atom is -0.434 e. The van der Waals surface area contributed by atoms with Gasteiger partial charge >= 0.3 is 6.61 Å². The number of halogens is 4. The normalized spacial score (nSPS) is 10.5. The van der Waals surface area contributed by atoms with Crippen LogP contribution in [0.25, 0.3) is 0 Å². The van der Waals surface area contributed by atoms with Gasteiger partial charge in [-0.3, -0.25) is 0 Å². The van der Waals surface area contributed by atoms with Crippen LogP contribution >= 0.6 is 11.6 Å². The van der Waals surface area contributed by atoms with Crippen molar-refractivity contribution < 1.29 is 17.9 Å². The number of rotatable bonds is 3. The summed E-state index contributed by atoms with van der Waals surface area (Å²) >= 11 is 5.36. The van der Waals surface area contributed by atoms with E-state index in [0.717, 1.165) is 6.07 Å². The quantitative estimate of drug-likeness (QED) is 0.697. The molecule has 0 aliphatic carbocycles. The molecular weight excluding hydrogens is 205 g/mol. The Hall–Kier alpha value is -0.900. The van der Waals surface area contributed by atoms with Crippen LogP contribution in [-0.4, -0.2) is 6.61 Å². The molecular formula is C8H6ClF3O. The second-order valence-corrected chi connectivity index (χ2v) is 2.50. The van der Waals surface area contributed by atoms with Crippen LogP contribution in [0.2, 0.25) is 0 Å². The largest absolute Gasteiger partial charge is 0.434 e. The summed E-state index contributed by atoms with van der Waals surface area (Å²) in [5.74, 6) is -1.06. The van der Waals surface area contributed by atoms with E-state index in [-0.39, 0.29) is 17.2 Å². The van der Waals surface area contributed by atoms with Gasteiger partial charge in [-0.05, 0) is 12.1 Å². The van der Waals surface area contributed by atoms with E-state index in [9.17, 15) is 13.2 Å². The van der Waals surface area contributed by atoms with E-state index >= 15 is 0 Å². The van der Waals surface area contributed by atoms with Gasteiger partial charge in [0.1, 0.15) is 11.6 Å². The number of hydrogen-bond acceptors (Lipinski definition) is 1. The van der Waals surface area contributed by atoms with Gasteiger partial charge in [-0.25, -0.2) is 4.39 Å². The highest BCUT2D eigenvalue weighted by Crippen LogP contribution is 2.24. The van der Waals surface area contributed by atoms with Crippen molar-refractivity contribution in [2.75, 3.05) is 0 Å². The number of hydrogen-bond donors (Lipinski definition) is 0. The highest BCUT2D eigenvalue weighted by Gasteiger charge is 2.12. The van der Waals surface area contributed by atoms with Crippen LogP contribution in [0.3, 0.4) is 0 Å². The maximum atomic E-state index is 12.9. The van der Waals surface area contributed by atoms with Crippen molar-refractivity contribution in [3.05, 3.63) is 29.6 Å². The van der Waals surface area contributed by atoms with Crippen LogP contribution in [0.1, 0.15) is 5.56 Å². The van der Waals surface area contributed by atoms with Gasteiger partial charge in [-0.15, -0.1) is 11.6 Å². The SMILES string of the molecule is Fc1cccc(OC(F)F)c1CCl. The van der Waals surface area contributed by atoms with E-state index in [2.05, 4.69) is 4.74 Å². The zero-order valence-electron chi connectivity index (χ0n) is 6.44. The van der Waals surface area contributed by atoms with E-state index in [1.54, 1.807) is 0 Å². The van der Waals surface area contributed by atoms with Gasteiger partial charge in [0, 0.05) is 5.56 Å². The summed E-state index contributed by atoms with van der Waals surface area (Å²) in [5, 5.41) is 0. The van der Waals surface area contributed by atoms with Crippen molar-refractivity contribution in [1.29, 1.82) is 0 Å². The number of ether oxygens (including phenoxy) is 1. The molecule has 0 atom stereocenters. The molecule has 0 amide bonds. The lowest BCUT2D eigenvalue weighted by Crippen LogP contribution is -2.04. The van der Waals surface area contributed by atoms with E-state index in [1.165, 1.54) is 12.1 Å². The van der Waals surface area contributed by atoms with Crippen molar-refractivity contribution >= 4 is 11.6 Å². The molecule has 0 fully saturated rings. The molecule has 0 spiro atoms. The molecule has 1 nitrogen and oxygen atoms in total. The lowest BCUT2D eigenvalue weighted by Gasteiger charge is -2.08. The monoisotopic (exact) mass is 210 g/mol. The lowest BCUT2D eigenvalue weighted by atomic mass is 10.2. The molecule has 0 aliphatic rings. The summed E-state index contributed by atoms with van der Waals surface area (Å²) in [5.41, 5.74) is -0.0514. The van der Waals surface area contributed by atoms with Crippen molar-refractivity contribution in [2.45, 2.75) is 12.5 Å². The Kier molecular flexibility index (Phi) is 3.42. The molecule has 13 heavy (non-hydrogen) atoms. The minimum atomic E-state index is -2.97. The van der Waals surface area contributed by atoms with E-state index in [1.807, 2.05) is 0 Å². The Morgan fingerprint density at radius 3 is 2.62 bits per heavy atom. The van der Waals surface area contributed by atoms with Gasteiger partial charge in [0.2, 0.25) is 0 Å². The van der Waals surface area contributed by atoms with Crippen molar-refractivity contribution in [3.8, 4) is 5.75 Å². The van der Waals surface area contributed by atoms with Crippen molar-refractivity contribution in [1.82, 2.24) is 0 Å². The van der Waals surface area contributed by atoms with Crippen molar-refractivity contribution in [3.63, 3.8) is 0 Å². The topological polar surface area (TPSA) is 9.23 Å². The molecule has 0 saturated carbocycles. The summed E-state index contributed by atoms with van der Waals surface area (Å²) < 4.78 is 40.5. The first-order valence-electron chi connectivity index (χ1n) is 3.43. The average Bonchev–Trinajstić information content (AvgIpc) is 2.03. The summed E-state index contributed by atoms with van der Waals surface area (Å²) in [6.45, 7) is -2.97. The zero-order valence-corrected chi connectivity index (χ0v) is 7.19. The molecule has 0 aliphatic heterocycles. The summed E-state index contributed by atoms with van der Waals surface area (Å²) in [7, 11) is 0. The van der Waals surface area contributed by atoms with Gasteiger partial charge < -0.3 is 4.74 Å². The first-order valence-corrected chi connectivity index (χ1v) is 3.96. The molecule has 0 saturated heterocycles. The van der Waals surface area contributed by atoms with Crippen LogP contribution in [0, 0.1) is 5.82 Å². The fourth-order valence-corrected chi connectivity index (χ4v) is 1.13. The van der Waals surface area contributed by atoms with Crippen LogP contribution in [0.5, 0.6) is 5.75 Å². The fourth-order valence-electron chi connectivity index (χ4n) is 0.875. The molecule has 0 unspecified atom stereocenters. The molecule has 0 radical (unpaired) electrons. The second-order valence-electron chi connectivity index (χ2n) is 2.23. The lowest BCUT2D eigenvalue weighted by molar-refractivity contribution is -0.0505. The highest BCUT2D eigenvalue weighted by molar-refractivity contribution is 6.17. The zero-order chi connectivity index (χ0) is 9.84. The van der Waals surface area contributed by atoms with Gasteiger partial charge in [0.25, 0.3) is 0 Å². The maximum Gasteiger partial charge on any atom is 0.387 e. The standard InChI is InChI=1S/C8H6ClF3O/c9-4-5-6(10)2-1-3-7(5)13-8(11)12/h1-3,8H,4H2. The summed E-state index contributed by atoms with van der Waals surface area (Å²) in [6, 6.07) is 3.66. The van der Waals surface area contributed by atoms with Crippen LogP contribution < -0.4 is 4.74 Å². The van der Waals surface area contributed by atoms with E-state index < -0.39 is 12.4 Å². The predicted molar refractivity (Wildman–Crippen MR) is 42.6 cm³/mol. The first-order chi connectivity index (χ1) is 6.15. The minimum absolute atomic E-state index is 0.0514. The Balaban J connectivity index is 2.98. The van der Waals surface area contributed by atoms with Crippen LogP contribution in [0.15, 0.2) is 18.2 Å². The van der Waals surface area contributed by atoms with Crippen molar-refractivity contribution in [2.24, 2.45) is 0 Å². The molecule has 0 bridgehead atoms. The summed E-state index contributed by atoms with van der Waals surface area (Å²) in [4.78, 5) is 0. The second kappa shape index (κ2) is 4.37. The molecule has 1 rings (SSSR count). The third-order valence-corrected chi connectivity index (χ3v) is 1.69. The number of alkyl halides is 3. The van der Waals surface area contributed by atoms with E-state index in [4.69, 9.17) is 11.6 Å². The molecule has 0 aromatic heterocycles. The van der Waals surface area contributed by atoms with Crippen LogP contribution in [0.4, 0.5) is 13.2 Å². The van der Waals surface area contributed by atoms with Gasteiger partial charge in [-0.2, -0.15) is 8.78 Å². The summed E-state index contributed by atoms with van der Waals surface area (Å²) in [6.07, 6.45) is 0. The molecule has 0 N–H and O–H groups in total. The third kappa shape index (κ3) is 2.52. The van der Waals surface area contributed by atoms with Gasteiger partial charge in [-0.1, -0.05) is 6.07 Å². The Morgan fingerprint density at radius 1 is 1.38 bits per heavy atom. The number of benzene rings is 1. The Labute approximate surface area is 78.1 Å². The smallest absolute Gasteiger partial charge is 0.387 e. The molecule has 1 aromatic rings. The average molecular weight is 211 g/mol. The van der Waals surface area contributed by atoms with Gasteiger partial charge in [0.05, 0.1) is 5.88 Å². The molecule has 0 heterocycles. The highest BCUT2D eigenvalue weighted by atomic mass is 35.5. The first kappa shape index (κ1) is 10.2. The molecule has 1 aromatic carbocycles. The molecule has 5 heteroatoms. The maximum absolute atomic E-state index is 12.9. The Bertz CT molecular complexity index is 291. The van der Waals surface area contributed by atoms with E-state index in [0.29, 0.717) is 0 Å². The Morgan fingerprint density at radius 2 is 2.08 bits per heavy atom. The molecule has 72 valence electrons. The predicted octanol–water partition coefficient (Wildman–Crippen LogP) is 3.17. The fraction of sp³-hybridized carbons (Fsp3) is 0.250. The van der Waals surface area contributed by atoms with Gasteiger partial charge in [0.15, 0.2) is 0 Å².